The average molecular weight is 347 g/mol. The fraction of sp³-hybridized carbons (Fsp3) is 0.600. The average Bonchev–Trinajstić information content (AvgIpc) is 2.48. The first kappa shape index (κ1) is 17.7. The van der Waals surface area contributed by atoms with Crippen LogP contribution >= 0.6 is 11.6 Å². The van der Waals surface area contributed by atoms with Crippen LogP contribution in [-0.4, -0.2) is 36.3 Å². The Morgan fingerprint density at radius 1 is 1.26 bits per heavy atom. The van der Waals surface area contributed by atoms with E-state index in [1.807, 2.05) is 11.8 Å². The highest BCUT2D eigenvalue weighted by Crippen LogP contribution is 2.36. The molecule has 1 aliphatic rings. The molecule has 0 N–H and O–H groups in total. The number of aromatic nitrogens is 2. The molecular weight excluding hydrogens is 329 g/mol. The molecule has 1 aromatic heterocycles. The lowest BCUT2D eigenvalue weighted by molar-refractivity contribution is -0.179. The SMILES string of the molecule is CC#CN(C)c1nc(Cl)nc(N2CCC(C(F)(F)F)CC2)c1C. The van der Waals surface area contributed by atoms with Gasteiger partial charge in [0.05, 0.1) is 5.92 Å². The molecule has 126 valence electrons. The van der Waals surface area contributed by atoms with E-state index in [2.05, 4.69) is 21.9 Å². The summed E-state index contributed by atoms with van der Waals surface area (Å²) < 4.78 is 38.3. The second kappa shape index (κ2) is 6.83. The molecule has 23 heavy (non-hydrogen) atoms. The third-order valence-corrected chi connectivity index (χ3v) is 4.09. The van der Waals surface area contributed by atoms with Crippen molar-refractivity contribution >= 4 is 23.2 Å². The number of nitrogens with zero attached hydrogens (tertiary/aromatic N) is 4. The predicted octanol–water partition coefficient (Wildman–Crippen LogP) is 3.63. The zero-order valence-corrected chi connectivity index (χ0v) is 14.0. The van der Waals surface area contributed by atoms with Gasteiger partial charge in [-0.25, -0.2) is 4.98 Å². The van der Waals surface area contributed by atoms with Crippen LogP contribution < -0.4 is 9.80 Å². The van der Waals surface area contributed by atoms with E-state index in [9.17, 15) is 13.2 Å². The van der Waals surface area contributed by atoms with Crippen molar-refractivity contribution < 1.29 is 13.2 Å². The first-order valence-corrected chi connectivity index (χ1v) is 7.63. The van der Waals surface area contributed by atoms with Crippen molar-refractivity contribution in [2.45, 2.75) is 32.9 Å². The summed E-state index contributed by atoms with van der Waals surface area (Å²) in [5, 5.41) is 0.0586. The van der Waals surface area contributed by atoms with Crippen LogP contribution in [0.5, 0.6) is 0 Å². The van der Waals surface area contributed by atoms with Crippen LogP contribution in [0.25, 0.3) is 0 Å². The minimum absolute atomic E-state index is 0.0586. The smallest absolute Gasteiger partial charge is 0.356 e. The van der Waals surface area contributed by atoms with Gasteiger partial charge < -0.3 is 4.90 Å². The molecule has 8 heteroatoms. The molecule has 0 saturated carbocycles. The lowest BCUT2D eigenvalue weighted by Crippen LogP contribution is -2.39. The highest BCUT2D eigenvalue weighted by Gasteiger charge is 2.41. The molecule has 0 aliphatic carbocycles. The summed E-state index contributed by atoms with van der Waals surface area (Å²) in [4.78, 5) is 11.9. The van der Waals surface area contributed by atoms with Crippen molar-refractivity contribution in [2.75, 3.05) is 29.9 Å². The molecule has 1 aliphatic heterocycles. The number of rotatable bonds is 2. The van der Waals surface area contributed by atoms with Gasteiger partial charge in [0.25, 0.3) is 0 Å². The lowest BCUT2D eigenvalue weighted by atomic mass is 9.96. The van der Waals surface area contributed by atoms with Crippen molar-refractivity contribution in [3.05, 3.63) is 10.8 Å². The Balaban J connectivity index is 2.25. The van der Waals surface area contributed by atoms with Gasteiger partial charge in [-0.1, -0.05) is 5.92 Å². The van der Waals surface area contributed by atoms with Crippen LogP contribution in [0.4, 0.5) is 24.8 Å². The predicted molar refractivity (Wildman–Crippen MR) is 84.6 cm³/mol. The van der Waals surface area contributed by atoms with Crippen LogP contribution in [0.3, 0.4) is 0 Å². The highest BCUT2D eigenvalue weighted by atomic mass is 35.5. The third kappa shape index (κ3) is 3.99. The monoisotopic (exact) mass is 346 g/mol. The maximum Gasteiger partial charge on any atom is 0.391 e. The number of anilines is 2. The quantitative estimate of drug-likeness (QED) is 0.465. The Labute approximate surface area is 138 Å². The van der Waals surface area contributed by atoms with Crippen molar-refractivity contribution in [3.63, 3.8) is 0 Å². The van der Waals surface area contributed by atoms with Crippen LogP contribution in [0.1, 0.15) is 25.3 Å². The zero-order chi connectivity index (χ0) is 17.2. The largest absolute Gasteiger partial charge is 0.391 e. The molecule has 0 unspecified atom stereocenters. The molecular formula is C15H18ClF3N4. The van der Waals surface area contributed by atoms with Gasteiger partial charge in [-0.3, -0.25) is 4.90 Å². The normalized spacial score (nSPS) is 16.0. The fourth-order valence-corrected chi connectivity index (χ4v) is 2.90. The van der Waals surface area contributed by atoms with Crippen molar-refractivity contribution in [2.24, 2.45) is 5.92 Å². The molecule has 1 saturated heterocycles. The van der Waals surface area contributed by atoms with Crippen molar-refractivity contribution in [3.8, 4) is 12.0 Å². The molecule has 2 heterocycles. The summed E-state index contributed by atoms with van der Waals surface area (Å²) >= 11 is 5.98. The Morgan fingerprint density at radius 2 is 1.87 bits per heavy atom. The summed E-state index contributed by atoms with van der Waals surface area (Å²) in [6.07, 6.45) is -4.01. The van der Waals surface area contributed by atoms with E-state index in [1.54, 1.807) is 18.9 Å². The summed E-state index contributed by atoms with van der Waals surface area (Å²) in [5.41, 5.74) is 0.755. The standard InChI is InChI=1S/C15H18ClF3N4/c1-4-7-22(3)12-10(2)13(21-14(16)20-12)23-8-5-11(6-9-23)15(17,18)19/h11H,5-6,8-9H2,1-3H3. The number of halogens is 4. The maximum absolute atomic E-state index is 12.8. The topological polar surface area (TPSA) is 32.3 Å². The third-order valence-electron chi connectivity index (χ3n) is 3.92. The first-order chi connectivity index (χ1) is 10.7. The molecule has 0 radical (unpaired) electrons. The molecule has 4 nitrogen and oxygen atoms in total. The van der Waals surface area contributed by atoms with E-state index >= 15 is 0 Å². The minimum atomic E-state index is -4.13. The first-order valence-electron chi connectivity index (χ1n) is 7.26. The maximum atomic E-state index is 12.8. The summed E-state index contributed by atoms with van der Waals surface area (Å²) in [7, 11) is 1.75. The minimum Gasteiger partial charge on any atom is -0.356 e. The van der Waals surface area contributed by atoms with Crippen molar-refractivity contribution in [1.82, 2.24) is 9.97 Å². The van der Waals surface area contributed by atoms with Gasteiger partial charge in [0.15, 0.2) is 0 Å². The molecule has 0 spiro atoms. The molecule has 0 amide bonds. The van der Waals surface area contributed by atoms with Crippen LogP contribution in [0.2, 0.25) is 5.28 Å². The Morgan fingerprint density at radius 3 is 2.39 bits per heavy atom. The van der Waals surface area contributed by atoms with Gasteiger partial charge in [0, 0.05) is 31.7 Å². The number of hydrogen-bond donors (Lipinski definition) is 0. The Bertz CT molecular complexity index is 628. The van der Waals surface area contributed by atoms with E-state index in [-0.39, 0.29) is 18.1 Å². The lowest BCUT2D eigenvalue weighted by Gasteiger charge is -2.34. The number of hydrogen-bond acceptors (Lipinski definition) is 4. The molecule has 0 bridgehead atoms. The number of piperidine rings is 1. The molecule has 0 aromatic carbocycles. The molecule has 1 fully saturated rings. The number of alkyl halides is 3. The Hall–Kier alpha value is -1.68. The summed E-state index contributed by atoms with van der Waals surface area (Å²) in [6.45, 7) is 4.12. The molecule has 0 atom stereocenters. The van der Waals surface area contributed by atoms with E-state index in [0.717, 1.165) is 5.56 Å². The van der Waals surface area contributed by atoms with Gasteiger partial charge in [-0.15, -0.1) is 0 Å². The Kier molecular flexibility index (Phi) is 5.25. The summed E-state index contributed by atoms with van der Waals surface area (Å²) in [5.74, 6) is 2.66. The van der Waals surface area contributed by atoms with Gasteiger partial charge in [-0.05, 0) is 38.3 Å². The van der Waals surface area contributed by atoms with Gasteiger partial charge >= 0.3 is 6.18 Å². The van der Waals surface area contributed by atoms with Crippen molar-refractivity contribution in [1.29, 1.82) is 0 Å². The zero-order valence-electron chi connectivity index (χ0n) is 13.2. The van der Waals surface area contributed by atoms with E-state index < -0.39 is 12.1 Å². The van der Waals surface area contributed by atoms with E-state index in [0.29, 0.717) is 24.7 Å². The molecule has 1 aromatic rings. The second-order valence-electron chi connectivity index (χ2n) is 5.49. The van der Waals surface area contributed by atoms with Crippen LogP contribution in [0.15, 0.2) is 0 Å². The van der Waals surface area contributed by atoms with Crippen LogP contribution in [0, 0.1) is 24.8 Å². The molecule has 2 rings (SSSR count). The fourth-order valence-electron chi connectivity index (χ4n) is 2.74. The van der Waals surface area contributed by atoms with E-state index in [1.165, 1.54) is 0 Å². The second-order valence-corrected chi connectivity index (χ2v) is 5.83. The van der Waals surface area contributed by atoms with E-state index in [4.69, 9.17) is 11.6 Å². The summed E-state index contributed by atoms with van der Waals surface area (Å²) in [6, 6.07) is 2.85. The van der Waals surface area contributed by atoms with Gasteiger partial charge in [0.2, 0.25) is 5.28 Å². The van der Waals surface area contributed by atoms with Gasteiger partial charge in [0.1, 0.15) is 11.6 Å². The van der Waals surface area contributed by atoms with Crippen LogP contribution in [-0.2, 0) is 0 Å². The van der Waals surface area contributed by atoms with Gasteiger partial charge in [-0.2, -0.15) is 18.2 Å². The highest BCUT2D eigenvalue weighted by molar-refractivity contribution is 6.28.